The van der Waals surface area contributed by atoms with Crippen LogP contribution in [0.2, 0.25) is 0 Å². The number of nitrogens with one attached hydrogen (secondary N) is 2. The maximum absolute atomic E-state index is 3.60. The molecule has 2 N–H and O–H groups in total. The van der Waals surface area contributed by atoms with Gasteiger partial charge in [-0.25, -0.2) is 0 Å². The van der Waals surface area contributed by atoms with Crippen LogP contribution in [0.1, 0.15) is 45.4 Å². The maximum atomic E-state index is 3.60. The van der Waals surface area contributed by atoms with Crippen molar-refractivity contribution in [1.82, 2.24) is 10.6 Å². The quantitative estimate of drug-likeness (QED) is 0.638. The molecular weight excluding hydrogens is 160 g/mol. The van der Waals surface area contributed by atoms with Gasteiger partial charge >= 0.3 is 0 Å². The van der Waals surface area contributed by atoms with Crippen LogP contribution >= 0.6 is 0 Å². The molecule has 78 valence electrons. The second kappa shape index (κ2) is 7.34. The summed E-state index contributed by atoms with van der Waals surface area (Å²) >= 11 is 0. The minimum Gasteiger partial charge on any atom is -0.315 e. The van der Waals surface area contributed by atoms with Gasteiger partial charge in [0.15, 0.2) is 0 Å². The van der Waals surface area contributed by atoms with E-state index in [1.807, 2.05) is 0 Å². The van der Waals surface area contributed by atoms with Gasteiger partial charge in [0.1, 0.15) is 0 Å². The Morgan fingerprint density at radius 3 is 2.92 bits per heavy atom. The Morgan fingerprint density at radius 1 is 1.15 bits per heavy atom. The van der Waals surface area contributed by atoms with Gasteiger partial charge in [0.25, 0.3) is 0 Å². The summed E-state index contributed by atoms with van der Waals surface area (Å²) in [5.74, 6) is 0. The van der Waals surface area contributed by atoms with Gasteiger partial charge in [-0.2, -0.15) is 0 Å². The third-order valence-corrected chi connectivity index (χ3v) is 2.76. The van der Waals surface area contributed by atoms with Crippen molar-refractivity contribution in [2.24, 2.45) is 0 Å². The van der Waals surface area contributed by atoms with Crippen molar-refractivity contribution in [2.45, 2.75) is 51.5 Å². The molecule has 1 atom stereocenters. The molecule has 0 saturated carbocycles. The van der Waals surface area contributed by atoms with E-state index in [0.29, 0.717) is 0 Å². The smallest absolute Gasteiger partial charge is 0.0192 e. The van der Waals surface area contributed by atoms with Gasteiger partial charge in [0.05, 0.1) is 0 Å². The molecule has 1 heterocycles. The Labute approximate surface area is 82.5 Å². The molecule has 1 aliphatic heterocycles. The minimum absolute atomic E-state index is 0.736. The molecule has 2 heteroatoms. The molecule has 0 amide bonds. The van der Waals surface area contributed by atoms with Crippen LogP contribution in [0.3, 0.4) is 0 Å². The van der Waals surface area contributed by atoms with Gasteiger partial charge < -0.3 is 10.6 Å². The maximum Gasteiger partial charge on any atom is 0.0192 e. The molecular formula is C11H24N2. The summed E-state index contributed by atoms with van der Waals surface area (Å²) in [4.78, 5) is 0. The van der Waals surface area contributed by atoms with E-state index >= 15 is 0 Å². The zero-order valence-electron chi connectivity index (χ0n) is 8.94. The summed E-state index contributed by atoms with van der Waals surface area (Å²) in [6.07, 6.45) is 8.19. The fraction of sp³-hybridized carbons (Fsp3) is 1.00. The Balaban J connectivity index is 1.98. The number of hydrogen-bond acceptors (Lipinski definition) is 2. The van der Waals surface area contributed by atoms with Crippen LogP contribution in [0.5, 0.6) is 0 Å². The van der Waals surface area contributed by atoms with Crippen LogP contribution in [0.25, 0.3) is 0 Å². The van der Waals surface area contributed by atoms with Gasteiger partial charge in [-0.3, -0.25) is 0 Å². The monoisotopic (exact) mass is 184 g/mol. The summed E-state index contributed by atoms with van der Waals surface area (Å²) in [5, 5.41) is 7.07. The zero-order chi connectivity index (χ0) is 9.36. The normalized spacial score (nSPS) is 24.2. The van der Waals surface area contributed by atoms with Crippen molar-refractivity contribution in [3.8, 4) is 0 Å². The van der Waals surface area contributed by atoms with Crippen LogP contribution in [0.15, 0.2) is 0 Å². The Bertz CT molecular complexity index is 107. The number of hydrogen-bond donors (Lipinski definition) is 2. The molecule has 1 fully saturated rings. The van der Waals surface area contributed by atoms with E-state index in [1.165, 1.54) is 58.2 Å². The fourth-order valence-electron chi connectivity index (χ4n) is 1.89. The number of rotatable bonds is 5. The summed E-state index contributed by atoms with van der Waals surface area (Å²) in [5.41, 5.74) is 0. The van der Waals surface area contributed by atoms with E-state index in [-0.39, 0.29) is 0 Å². The number of unbranched alkanes of at least 4 members (excludes halogenated alkanes) is 3. The topological polar surface area (TPSA) is 24.1 Å². The molecule has 0 aliphatic carbocycles. The summed E-state index contributed by atoms with van der Waals surface area (Å²) in [6.45, 7) is 5.83. The van der Waals surface area contributed by atoms with E-state index in [4.69, 9.17) is 0 Å². The average Bonchev–Trinajstić information content (AvgIpc) is 2.41. The lowest BCUT2D eigenvalue weighted by atomic mass is 10.1. The highest BCUT2D eigenvalue weighted by molar-refractivity contribution is 4.73. The van der Waals surface area contributed by atoms with Crippen molar-refractivity contribution in [3.63, 3.8) is 0 Å². The molecule has 1 aliphatic rings. The predicted molar refractivity (Wildman–Crippen MR) is 58.0 cm³/mol. The van der Waals surface area contributed by atoms with E-state index in [9.17, 15) is 0 Å². The molecule has 1 rings (SSSR count). The summed E-state index contributed by atoms with van der Waals surface area (Å²) in [6, 6.07) is 0.736. The highest BCUT2D eigenvalue weighted by Crippen LogP contribution is 2.06. The largest absolute Gasteiger partial charge is 0.315 e. The first kappa shape index (κ1) is 11.0. The highest BCUT2D eigenvalue weighted by Gasteiger charge is 2.09. The van der Waals surface area contributed by atoms with E-state index < -0.39 is 0 Å². The molecule has 2 nitrogen and oxygen atoms in total. The van der Waals surface area contributed by atoms with Gasteiger partial charge in [-0.15, -0.1) is 0 Å². The minimum atomic E-state index is 0.736. The van der Waals surface area contributed by atoms with Crippen molar-refractivity contribution >= 4 is 0 Å². The summed E-state index contributed by atoms with van der Waals surface area (Å²) < 4.78 is 0. The lowest BCUT2D eigenvalue weighted by Gasteiger charge is -2.15. The molecule has 1 unspecified atom stereocenters. The molecule has 13 heavy (non-hydrogen) atoms. The lowest BCUT2D eigenvalue weighted by Crippen LogP contribution is -2.35. The van der Waals surface area contributed by atoms with Crippen LogP contribution in [0.4, 0.5) is 0 Å². The standard InChI is InChI=1S/C11H24N2/c1-2-3-4-5-7-11-10-12-8-6-9-13-11/h11-13H,2-10H2,1H3. The van der Waals surface area contributed by atoms with Crippen molar-refractivity contribution in [1.29, 1.82) is 0 Å². The molecule has 0 radical (unpaired) electrons. The van der Waals surface area contributed by atoms with Gasteiger partial charge in [-0.1, -0.05) is 32.6 Å². The second-order valence-corrected chi connectivity index (χ2v) is 4.06. The van der Waals surface area contributed by atoms with Gasteiger partial charge in [0, 0.05) is 12.6 Å². The van der Waals surface area contributed by atoms with Crippen molar-refractivity contribution in [2.75, 3.05) is 19.6 Å². The molecule has 0 aromatic rings. The SMILES string of the molecule is CCCCCCC1CNCCCN1. The Kier molecular flexibility index (Phi) is 6.21. The third-order valence-electron chi connectivity index (χ3n) is 2.76. The molecule has 0 aromatic carbocycles. The first-order valence-electron chi connectivity index (χ1n) is 5.87. The summed E-state index contributed by atoms with van der Waals surface area (Å²) in [7, 11) is 0. The molecule has 0 spiro atoms. The second-order valence-electron chi connectivity index (χ2n) is 4.06. The predicted octanol–water partition coefficient (Wildman–Crippen LogP) is 1.91. The third kappa shape index (κ3) is 5.27. The first-order chi connectivity index (χ1) is 6.43. The fourth-order valence-corrected chi connectivity index (χ4v) is 1.89. The Hall–Kier alpha value is -0.0800. The van der Waals surface area contributed by atoms with Crippen LogP contribution < -0.4 is 10.6 Å². The molecule has 0 aromatic heterocycles. The lowest BCUT2D eigenvalue weighted by molar-refractivity contribution is 0.466. The zero-order valence-corrected chi connectivity index (χ0v) is 8.94. The van der Waals surface area contributed by atoms with E-state index in [2.05, 4.69) is 17.6 Å². The van der Waals surface area contributed by atoms with Crippen LogP contribution in [-0.4, -0.2) is 25.7 Å². The molecule has 0 bridgehead atoms. The van der Waals surface area contributed by atoms with Crippen LogP contribution in [-0.2, 0) is 0 Å². The van der Waals surface area contributed by atoms with Crippen molar-refractivity contribution < 1.29 is 0 Å². The average molecular weight is 184 g/mol. The van der Waals surface area contributed by atoms with E-state index in [0.717, 1.165) is 6.04 Å². The van der Waals surface area contributed by atoms with E-state index in [1.54, 1.807) is 0 Å². The van der Waals surface area contributed by atoms with Crippen LogP contribution in [0, 0.1) is 0 Å². The van der Waals surface area contributed by atoms with Gasteiger partial charge in [-0.05, 0) is 25.9 Å². The molecule has 1 saturated heterocycles. The highest BCUT2D eigenvalue weighted by atomic mass is 15.0. The first-order valence-corrected chi connectivity index (χ1v) is 5.87. The Morgan fingerprint density at radius 2 is 2.08 bits per heavy atom. The van der Waals surface area contributed by atoms with Crippen molar-refractivity contribution in [3.05, 3.63) is 0 Å². The van der Waals surface area contributed by atoms with Gasteiger partial charge in [0.2, 0.25) is 0 Å².